The molecular formula is C17H32N2O2S. The standard InChI is InChI=1S/C17H32N2O2S/c1-11(18)15-14(19-16(20)21-17(2,3)4)13(22-15)10-12-8-6-5-7-9-12/h11-15H,5-10,18H2,1-4H3,(H,19,20). The van der Waals surface area contributed by atoms with Crippen LogP contribution in [0.4, 0.5) is 4.79 Å². The second-order valence-electron chi connectivity index (χ2n) is 7.91. The summed E-state index contributed by atoms with van der Waals surface area (Å²) in [4.78, 5) is 12.1. The van der Waals surface area contributed by atoms with Crippen molar-refractivity contribution in [3.05, 3.63) is 0 Å². The number of rotatable bonds is 4. The lowest BCUT2D eigenvalue weighted by Crippen LogP contribution is -2.62. The van der Waals surface area contributed by atoms with E-state index in [4.69, 9.17) is 10.5 Å². The number of carbonyl (C=O) groups excluding carboxylic acids is 1. The average Bonchev–Trinajstić information content (AvgIpc) is 2.39. The monoisotopic (exact) mass is 328 g/mol. The highest BCUT2D eigenvalue weighted by molar-refractivity contribution is 8.02. The predicted molar refractivity (Wildman–Crippen MR) is 93.2 cm³/mol. The fourth-order valence-corrected chi connectivity index (χ4v) is 5.11. The van der Waals surface area contributed by atoms with Gasteiger partial charge in [-0.3, -0.25) is 0 Å². The normalized spacial score (nSPS) is 31.2. The zero-order valence-corrected chi connectivity index (χ0v) is 15.2. The minimum absolute atomic E-state index is 0.0903. The Morgan fingerprint density at radius 2 is 1.95 bits per heavy atom. The lowest BCUT2D eigenvalue weighted by molar-refractivity contribution is 0.0493. The van der Waals surface area contributed by atoms with E-state index in [1.54, 1.807) is 0 Å². The minimum Gasteiger partial charge on any atom is -0.444 e. The largest absolute Gasteiger partial charge is 0.444 e. The van der Waals surface area contributed by atoms with Crippen LogP contribution in [0.2, 0.25) is 0 Å². The Labute approximate surface area is 139 Å². The summed E-state index contributed by atoms with van der Waals surface area (Å²) in [5.74, 6) is 0.822. The maximum atomic E-state index is 12.1. The lowest BCUT2D eigenvalue weighted by atomic mass is 9.84. The highest BCUT2D eigenvalue weighted by Gasteiger charge is 2.45. The van der Waals surface area contributed by atoms with E-state index in [0.29, 0.717) is 10.5 Å². The summed E-state index contributed by atoms with van der Waals surface area (Å²) in [5.41, 5.74) is 5.62. The zero-order valence-electron chi connectivity index (χ0n) is 14.4. The number of hydrogen-bond acceptors (Lipinski definition) is 4. The number of hydrogen-bond donors (Lipinski definition) is 2. The summed E-state index contributed by atoms with van der Waals surface area (Å²) >= 11 is 1.95. The van der Waals surface area contributed by atoms with Crippen molar-refractivity contribution in [3.8, 4) is 0 Å². The first kappa shape index (κ1) is 17.9. The first-order valence-corrected chi connectivity index (χ1v) is 9.61. The van der Waals surface area contributed by atoms with Crippen molar-refractivity contribution in [2.75, 3.05) is 0 Å². The molecule has 22 heavy (non-hydrogen) atoms. The van der Waals surface area contributed by atoms with E-state index in [0.717, 1.165) is 5.92 Å². The van der Waals surface area contributed by atoms with Gasteiger partial charge in [0.1, 0.15) is 5.60 Å². The fourth-order valence-electron chi connectivity index (χ4n) is 3.52. The molecular weight excluding hydrogens is 296 g/mol. The number of thioether (sulfide) groups is 1. The van der Waals surface area contributed by atoms with Crippen LogP contribution in [0.5, 0.6) is 0 Å². The lowest BCUT2D eigenvalue weighted by Gasteiger charge is -2.47. The molecule has 1 saturated carbocycles. The Morgan fingerprint density at radius 1 is 1.32 bits per heavy atom. The number of alkyl carbamates (subject to hydrolysis) is 1. The molecule has 4 unspecified atom stereocenters. The zero-order chi connectivity index (χ0) is 16.3. The summed E-state index contributed by atoms with van der Waals surface area (Å²) in [5, 5.41) is 3.88. The summed E-state index contributed by atoms with van der Waals surface area (Å²) in [7, 11) is 0. The molecule has 1 aliphatic heterocycles. The SMILES string of the molecule is CC(N)C1SC(CC2CCCCC2)C1NC(=O)OC(C)(C)C. The molecule has 1 saturated heterocycles. The third-order valence-electron chi connectivity index (χ3n) is 4.58. The first-order valence-electron chi connectivity index (χ1n) is 8.67. The quantitative estimate of drug-likeness (QED) is 0.826. The van der Waals surface area contributed by atoms with Crippen molar-refractivity contribution in [3.63, 3.8) is 0 Å². The van der Waals surface area contributed by atoms with Crippen LogP contribution in [0.25, 0.3) is 0 Å². The van der Waals surface area contributed by atoms with E-state index in [1.165, 1.54) is 38.5 Å². The minimum atomic E-state index is -0.455. The van der Waals surface area contributed by atoms with Gasteiger partial charge >= 0.3 is 6.09 Å². The highest BCUT2D eigenvalue weighted by atomic mass is 32.2. The van der Waals surface area contributed by atoms with Crippen molar-refractivity contribution in [2.45, 2.75) is 94.4 Å². The topological polar surface area (TPSA) is 64.3 Å². The maximum absolute atomic E-state index is 12.1. The van der Waals surface area contributed by atoms with Crippen LogP contribution in [-0.2, 0) is 4.74 Å². The van der Waals surface area contributed by atoms with Gasteiger partial charge in [0.25, 0.3) is 0 Å². The number of nitrogens with two attached hydrogens (primary N) is 1. The molecule has 0 radical (unpaired) electrons. The number of carbonyl (C=O) groups is 1. The van der Waals surface area contributed by atoms with E-state index in [1.807, 2.05) is 39.5 Å². The van der Waals surface area contributed by atoms with E-state index >= 15 is 0 Å². The smallest absolute Gasteiger partial charge is 0.407 e. The van der Waals surface area contributed by atoms with Crippen LogP contribution in [0.3, 0.4) is 0 Å². The molecule has 0 aromatic heterocycles. The van der Waals surface area contributed by atoms with E-state index in [-0.39, 0.29) is 18.2 Å². The van der Waals surface area contributed by atoms with Crippen LogP contribution >= 0.6 is 11.8 Å². The van der Waals surface area contributed by atoms with E-state index in [2.05, 4.69) is 5.32 Å². The van der Waals surface area contributed by atoms with Gasteiger partial charge in [0.2, 0.25) is 0 Å². The third-order valence-corrected chi connectivity index (χ3v) is 6.45. The van der Waals surface area contributed by atoms with Crippen molar-refractivity contribution < 1.29 is 9.53 Å². The van der Waals surface area contributed by atoms with Crippen LogP contribution < -0.4 is 11.1 Å². The number of ether oxygens (including phenoxy) is 1. The molecule has 1 heterocycles. The van der Waals surface area contributed by atoms with Crippen molar-refractivity contribution >= 4 is 17.9 Å². The van der Waals surface area contributed by atoms with Gasteiger partial charge in [-0.25, -0.2) is 4.79 Å². The van der Waals surface area contributed by atoms with Crippen LogP contribution in [-0.4, -0.2) is 34.3 Å². The van der Waals surface area contributed by atoms with Gasteiger partial charge in [0.05, 0.1) is 6.04 Å². The summed E-state index contributed by atoms with van der Waals surface area (Å²) in [6.45, 7) is 7.71. The molecule has 0 aromatic rings. The molecule has 1 aliphatic carbocycles. The molecule has 1 amide bonds. The Balaban J connectivity index is 1.88. The molecule has 0 bridgehead atoms. The number of nitrogens with one attached hydrogen (secondary N) is 1. The fraction of sp³-hybridized carbons (Fsp3) is 0.941. The second kappa shape index (κ2) is 7.43. The summed E-state index contributed by atoms with van der Waals surface area (Å²) < 4.78 is 5.41. The van der Waals surface area contributed by atoms with Gasteiger partial charge in [-0.2, -0.15) is 0 Å². The molecule has 2 fully saturated rings. The average molecular weight is 329 g/mol. The van der Waals surface area contributed by atoms with E-state index in [9.17, 15) is 4.79 Å². The highest BCUT2D eigenvalue weighted by Crippen LogP contribution is 2.44. The van der Waals surface area contributed by atoms with Gasteiger partial charge < -0.3 is 15.8 Å². The predicted octanol–water partition coefficient (Wildman–Crippen LogP) is 3.68. The molecule has 5 heteroatoms. The molecule has 3 N–H and O–H groups in total. The van der Waals surface area contributed by atoms with Crippen LogP contribution in [0.1, 0.15) is 66.2 Å². The van der Waals surface area contributed by atoms with Gasteiger partial charge in [0, 0.05) is 16.5 Å². The van der Waals surface area contributed by atoms with Gasteiger partial charge in [0.15, 0.2) is 0 Å². The molecule has 2 rings (SSSR count). The van der Waals surface area contributed by atoms with Crippen LogP contribution in [0, 0.1) is 5.92 Å². The Kier molecular flexibility index (Phi) is 6.06. The Hall–Kier alpha value is -0.420. The third kappa shape index (κ3) is 5.05. The van der Waals surface area contributed by atoms with Crippen molar-refractivity contribution in [2.24, 2.45) is 11.7 Å². The molecule has 4 atom stereocenters. The molecule has 128 valence electrons. The molecule has 0 aromatic carbocycles. The second-order valence-corrected chi connectivity index (χ2v) is 9.33. The Bertz CT molecular complexity index is 375. The van der Waals surface area contributed by atoms with Crippen molar-refractivity contribution in [1.29, 1.82) is 0 Å². The first-order chi connectivity index (χ1) is 10.3. The molecule has 0 spiro atoms. The molecule has 2 aliphatic rings. The Morgan fingerprint density at radius 3 is 2.50 bits per heavy atom. The maximum Gasteiger partial charge on any atom is 0.407 e. The van der Waals surface area contributed by atoms with Crippen LogP contribution in [0.15, 0.2) is 0 Å². The number of amides is 1. The van der Waals surface area contributed by atoms with Gasteiger partial charge in [-0.05, 0) is 40.0 Å². The van der Waals surface area contributed by atoms with Gasteiger partial charge in [-0.15, -0.1) is 11.8 Å². The van der Waals surface area contributed by atoms with Gasteiger partial charge in [-0.1, -0.05) is 32.1 Å². The van der Waals surface area contributed by atoms with Crippen molar-refractivity contribution in [1.82, 2.24) is 5.32 Å². The summed E-state index contributed by atoms with van der Waals surface area (Å²) in [6.07, 6.45) is 7.70. The molecule has 4 nitrogen and oxygen atoms in total. The summed E-state index contributed by atoms with van der Waals surface area (Å²) in [6, 6.07) is 0.245. The van der Waals surface area contributed by atoms with E-state index < -0.39 is 5.60 Å².